The van der Waals surface area contributed by atoms with E-state index in [4.69, 9.17) is 14.2 Å². The van der Waals surface area contributed by atoms with Crippen LogP contribution in [0.3, 0.4) is 0 Å². The van der Waals surface area contributed by atoms with Crippen LogP contribution < -0.4 is 15.0 Å². The molecule has 1 aliphatic heterocycles. The first-order chi connectivity index (χ1) is 12.8. The minimum atomic E-state index is -0.193. The molecule has 2 heterocycles. The summed E-state index contributed by atoms with van der Waals surface area (Å²) in [4.78, 5) is 18.9. The molecule has 134 valence electrons. The largest absolute Gasteiger partial charge is 0.486 e. The zero-order chi connectivity index (χ0) is 17.8. The molecular formula is C20H20N2O4. The lowest BCUT2D eigenvalue weighted by molar-refractivity contribution is 0.0242. The standard InChI is InChI=1S/C20H20N2O4/c23-20-16-10-19(26-15-6-8-24-9-7-15)18(11-17(16)21-13-22-20)25-12-14-4-2-1-3-5-14/h1-5,10-11,13,15H,6-9,12H2,(H,21,22,23). The Morgan fingerprint density at radius 1 is 1.12 bits per heavy atom. The first-order valence-electron chi connectivity index (χ1n) is 8.72. The van der Waals surface area contributed by atoms with Crippen molar-refractivity contribution >= 4 is 10.9 Å². The zero-order valence-corrected chi connectivity index (χ0v) is 14.3. The van der Waals surface area contributed by atoms with E-state index < -0.39 is 0 Å². The molecular weight excluding hydrogens is 332 g/mol. The first kappa shape index (κ1) is 16.6. The molecule has 6 heteroatoms. The van der Waals surface area contributed by atoms with Crippen molar-refractivity contribution in [1.82, 2.24) is 9.97 Å². The summed E-state index contributed by atoms with van der Waals surface area (Å²) in [7, 11) is 0. The predicted octanol–water partition coefficient (Wildman–Crippen LogP) is 3.06. The number of nitrogens with zero attached hydrogens (tertiary/aromatic N) is 1. The van der Waals surface area contributed by atoms with Crippen LogP contribution in [0.2, 0.25) is 0 Å². The van der Waals surface area contributed by atoms with E-state index in [0.717, 1.165) is 18.4 Å². The second-order valence-corrected chi connectivity index (χ2v) is 6.25. The number of fused-ring (bicyclic) bond motifs is 1. The van der Waals surface area contributed by atoms with Crippen molar-refractivity contribution in [1.29, 1.82) is 0 Å². The molecule has 1 N–H and O–H groups in total. The molecule has 0 spiro atoms. The third-order valence-electron chi connectivity index (χ3n) is 4.41. The van der Waals surface area contributed by atoms with E-state index in [-0.39, 0.29) is 11.7 Å². The summed E-state index contributed by atoms with van der Waals surface area (Å²) < 4.78 is 17.5. The molecule has 1 aromatic heterocycles. The molecule has 1 aliphatic rings. The summed E-state index contributed by atoms with van der Waals surface area (Å²) in [6.45, 7) is 1.78. The quantitative estimate of drug-likeness (QED) is 0.764. The normalized spacial score (nSPS) is 15.1. The summed E-state index contributed by atoms with van der Waals surface area (Å²) >= 11 is 0. The minimum Gasteiger partial charge on any atom is -0.486 e. The van der Waals surface area contributed by atoms with Crippen molar-refractivity contribution in [2.24, 2.45) is 0 Å². The molecule has 1 fully saturated rings. The van der Waals surface area contributed by atoms with E-state index in [1.807, 2.05) is 30.3 Å². The van der Waals surface area contributed by atoms with Crippen LogP contribution in [0.5, 0.6) is 11.5 Å². The van der Waals surface area contributed by atoms with Crippen molar-refractivity contribution in [2.45, 2.75) is 25.6 Å². The van der Waals surface area contributed by atoms with Crippen molar-refractivity contribution in [3.8, 4) is 11.5 Å². The number of nitrogens with one attached hydrogen (secondary N) is 1. The third kappa shape index (κ3) is 3.70. The van der Waals surface area contributed by atoms with Gasteiger partial charge in [0.25, 0.3) is 5.56 Å². The fraction of sp³-hybridized carbons (Fsp3) is 0.300. The Labute approximate surface area is 150 Å². The Morgan fingerprint density at radius 3 is 2.73 bits per heavy atom. The predicted molar refractivity (Wildman–Crippen MR) is 97.6 cm³/mol. The van der Waals surface area contributed by atoms with Gasteiger partial charge in [0, 0.05) is 18.9 Å². The lowest BCUT2D eigenvalue weighted by Gasteiger charge is -2.24. The number of aromatic nitrogens is 2. The van der Waals surface area contributed by atoms with Crippen molar-refractivity contribution in [3.05, 3.63) is 64.7 Å². The maximum absolute atomic E-state index is 12.1. The van der Waals surface area contributed by atoms with Gasteiger partial charge in [0.15, 0.2) is 11.5 Å². The fourth-order valence-corrected chi connectivity index (χ4v) is 2.99. The van der Waals surface area contributed by atoms with Gasteiger partial charge < -0.3 is 19.2 Å². The van der Waals surface area contributed by atoms with Crippen LogP contribution in [-0.4, -0.2) is 29.3 Å². The molecule has 4 rings (SSSR count). The second kappa shape index (κ2) is 7.58. The second-order valence-electron chi connectivity index (χ2n) is 6.25. The number of ether oxygens (including phenoxy) is 3. The van der Waals surface area contributed by atoms with Crippen LogP contribution in [0.15, 0.2) is 53.6 Å². The lowest BCUT2D eigenvalue weighted by atomic mass is 10.1. The molecule has 0 bridgehead atoms. The fourth-order valence-electron chi connectivity index (χ4n) is 2.99. The summed E-state index contributed by atoms with van der Waals surface area (Å²) in [5, 5.41) is 0.488. The van der Waals surface area contributed by atoms with Crippen LogP contribution >= 0.6 is 0 Å². The van der Waals surface area contributed by atoms with Gasteiger partial charge in [-0.15, -0.1) is 0 Å². The number of benzene rings is 2. The average Bonchev–Trinajstić information content (AvgIpc) is 2.69. The Morgan fingerprint density at radius 2 is 1.92 bits per heavy atom. The van der Waals surface area contributed by atoms with Gasteiger partial charge in [0.2, 0.25) is 0 Å². The number of aromatic amines is 1. The Bertz CT molecular complexity index is 933. The monoisotopic (exact) mass is 352 g/mol. The molecule has 0 saturated carbocycles. The van der Waals surface area contributed by atoms with Gasteiger partial charge in [-0.25, -0.2) is 4.98 Å². The number of hydrogen-bond acceptors (Lipinski definition) is 5. The maximum atomic E-state index is 12.1. The van der Waals surface area contributed by atoms with E-state index in [9.17, 15) is 4.79 Å². The minimum absolute atomic E-state index is 0.0519. The molecule has 0 aliphatic carbocycles. The highest BCUT2D eigenvalue weighted by Gasteiger charge is 2.19. The van der Waals surface area contributed by atoms with Gasteiger partial charge in [0.05, 0.1) is 30.4 Å². The van der Waals surface area contributed by atoms with Crippen molar-refractivity contribution < 1.29 is 14.2 Å². The van der Waals surface area contributed by atoms with E-state index in [0.29, 0.717) is 42.2 Å². The van der Waals surface area contributed by atoms with Crippen molar-refractivity contribution in [3.63, 3.8) is 0 Å². The SMILES string of the molecule is O=c1[nH]cnc2cc(OCc3ccccc3)c(OC3CCOCC3)cc12. The van der Waals surface area contributed by atoms with Gasteiger partial charge >= 0.3 is 0 Å². The lowest BCUT2D eigenvalue weighted by Crippen LogP contribution is -2.26. The Kier molecular flexibility index (Phi) is 4.84. The topological polar surface area (TPSA) is 73.4 Å². The van der Waals surface area contributed by atoms with Gasteiger partial charge in [0.1, 0.15) is 12.7 Å². The van der Waals surface area contributed by atoms with Crippen LogP contribution in [0, 0.1) is 0 Å². The molecule has 2 aromatic carbocycles. The van der Waals surface area contributed by atoms with Crippen molar-refractivity contribution in [2.75, 3.05) is 13.2 Å². The molecule has 0 atom stereocenters. The summed E-state index contributed by atoms with van der Waals surface area (Å²) in [6, 6.07) is 13.4. The molecule has 3 aromatic rings. The highest BCUT2D eigenvalue weighted by molar-refractivity contribution is 5.81. The van der Waals surface area contributed by atoms with Gasteiger partial charge in [-0.3, -0.25) is 4.79 Å². The van der Waals surface area contributed by atoms with Crippen LogP contribution in [-0.2, 0) is 11.3 Å². The summed E-state index contributed by atoms with van der Waals surface area (Å²) in [6.07, 6.45) is 3.08. The Balaban J connectivity index is 1.65. The van der Waals surface area contributed by atoms with E-state index >= 15 is 0 Å². The molecule has 26 heavy (non-hydrogen) atoms. The third-order valence-corrected chi connectivity index (χ3v) is 4.41. The van der Waals surface area contributed by atoms with Crippen LogP contribution in [0.4, 0.5) is 0 Å². The highest BCUT2D eigenvalue weighted by Crippen LogP contribution is 2.33. The zero-order valence-electron chi connectivity index (χ0n) is 14.3. The number of H-pyrrole nitrogens is 1. The first-order valence-corrected chi connectivity index (χ1v) is 8.72. The maximum Gasteiger partial charge on any atom is 0.258 e. The summed E-state index contributed by atoms with van der Waals surface area (Å²) in [5.74, 6) is 1.16. The van der Waals surface area contributed by atoms with Crippen LogP contribution in [0.1, 0.15) is 18.4 Å². The highest BCUT2D eigenvalue weighted by atomic mass is 16.5. The average molecular weight is 352 g/mol. The van der Waals surface area contributed by atoms with Crippen LogP contribution in [0.25, 0.3) is 10.9 Å². The molecule has 1 saturated heterocycles. The van der Waals surface area contributed by atoms with E-state index in [1.165, 1.54) is 6.33 Å². The van der Waals surface area contributed by atoms with Gasteiger partial charge in [-0.1, -0.05) is 30.3 Å². The molecule has 6 nitrogen and oxygen atoms in total. The molecule has 0 radical (unpaired) electrons. The van der Waals surface area contributed by atoms with E-state index in [2.05, 4.69) is 9.97 Å². The molecule has 0 unspecified atom stereocenters. The summed E-state index contributed by atoms with van der Waals surface area (Å²) in [5.41, 5.74) is 1.45. The number of rotatable bonds is 5. The Hall–Kier alpha value is -2.86. The number of hydrogen-bond donors (Lipinski definition) is 1. The van der Waals surface area contributed by atoms with E-state index in [1.54, 1.807) is 12.1 Å². The van der Waals surface area contributed by atoms with Gasteiger partial charge in [-0.05, 0) is 11.6 Å². The smallest absolute Gasteiger partial charge is 0.258 e. The van der Waals surface area contributed by atoms with Gasteiger partial charge in [-0.2, -0.15) is 0 Å². The molecule has 0 amide bonds.